The lowest BCUT2D eigenvalue weighted by atomic mass is 10.0. The number of carbonyl (C=O) groups is 2. The van der Waals surface area contributed by atoms with Crippen LogP contribution in [0.25, 0.3) is 0 Å². The fourth-order valence-corrected chi connectivity index (χ4v) is 2.36. The molecule has 96 valence electrons. The van der Waals surface area contributed by atoms with Gasteiger partial charge in [0.2, 0.25) is 0 Å². The molecule has 2 rings (SSSR count). The van der Waals surface area contributed by atoms with Gasteiger partial charge in [-0.25, -0.2) is 4.79 Å². The Hall–Kier alpha value is -1.30. The van der Waals surface area contributed by atoms with Crippen LogP contribution in [-0.2, 0) is 4.79 Å². The van der Waals surface area contributed by atoms with Crippen molar-refractivity contribution in [3.63, 3.8) is 0 Å². The van der Waals surface area contributed by atoms with Crippen molar-refractivity contribution in [3.8, 4) is 0 Å². The first-order chi connectivity index (χ1) is 8.09. The number of hydrogen-bond acceptors (Lipinski definition) is 3. The summed E-state index contributed by atoms with van der Waals surface area (Å²) in [5.41, 5.74) is 0. The Balaban J connectivity index is 1.82. The fraction of sp³-hybridized carbons (Fsp3) is 0.818. The normalized spacial score (nSPS) is 22.1. The third kappa shape index (κ3) is 2.52. The maximum Gasteiger partial charge on any atom is 0.320 e. The van der Waals surface area contributed by atoms with Crippen LogP contribution >= 0.6 is 0 Å². The molecule has 2 N–H and O–H groups in total. The minimum atomic E-state index is -0.807. The molecule has 0 spiro atoms. The van der Waals surface area contributed by atoms with Crippen LogP contribution in [0.2, 0.25) is 0 Å². The summed E-state index contributed by atoms with van der Waals surface area (Å²) in [5.74, 6) is -1.18. The van der Waals surface area contributed by atoms with Gasteiger partial charge in [-0.1, -0.05) is 0 Å². The number of piperidine rings is 1. The van der Waals surface area contributed by atoms with E-state index in [1.165, 1.54) is 0 Å². The van der Waals surface area contributed by atoms with Crippen LogP contribution in [0.1, 0.15) is 12.8 Å². The molecule has 0 aromatic carbocycles. The van der Waals surface area contributed by atoms with Gasteiger partial charge in [-0.3, -0.25) is 4.79 Å². The molecule has 2 aliphatic heterocycles. The lowest BCUT2D eigenvalue weighted by molar-refractivity contribution is -0.146. The summed E-state index contributed by atoms with van der Waals surface area (Å²) in [6.45, 7) is 2.59. The van der Waals surface area contributed by atoms with Crippen LogP contribution in [0.15, 0.2) is 0 Å². The topological polar surface area (TPSA) is 72.9 Å². The first-order valence-electron chi connectivity index (χ1n) is 6.05. The minimum absolute atomic E-state index is 0.0330. The van der Waals surface area contributed by atoms with E-state index in [0.29, 0.717) is 13.1 Å². The lowest BCUT2D eigenvalue weighted by Crippen LogP contribution is -2.58. The molecule has 2 aliphatic rings. The number of carboxylic acid groups (broad SMARTS) is 1. The summed E-state index contributed by atoms with van der Waals surface area (Å²) in [4.78, 5) is 26.1. The number of amides is 2. The van der Waals surface area contributed by atoms with Crippen LogP contribution in [0.5, 0.6) is 0 Å². The van der Waals surface area contributed by atoms with Crippen molar-refractivity contribution in [1.82, 2.24) is 15.1 Å². The first-order valence-corrected chi connectivity index (χ1v) is 6.05. The maximum atomic E-state index is 12.0. The molecule has 2 fully saturated rings. The van der Waals surface area contributed by atoms with Gasteiger partial charge in [0.25, 0.3) is 0 Å². The number of urea groups is 1. The molecule has 2 heterocycles. The Morgan fingerprint density at radius 1 is 1.29 bits per heavy atom. The van der Waals surface area contributed by atoms with Gasteiger partial charge in [0.15, 0.2) is 0 Å². The van der Waals surface area contributed by atoms with Crippen molar-refractivity contribution in [2.75, 3.05) is 33.2 Å². The van der Waals surface area contributed by atoms with Crippen molar-refractivity contribution >= 4 is 12.0 Å². The van der Waals surface area contributed by atoms with E-state index in [1.54, 1.807) is 9.80 Å². The van der Waals surface area contributed by atoms with Gasteiger partial charge in [-0.15, -0.1) is 0 Å². The van der Waals surface area contributed by atoms with Gasteiger partial charge >= 0.3 is 12.0 Å². The van der Waals surface area contributed by atoms with E-state index < -0.39 is 5.97 Å². The second kappa shape index (κ2) is 4.91. The van der Waals surface area contributed by atoms with Crippen molar-refractivity contribution in [1.29, 1.82) is 0 Å². The Bertz CT molecular complexity index is 309. The highest BCUT2D eigenvalue weighted by molar-refractivity contribution is 5.79. The molecule has 0 unspecified atom stereocenters. The Kier molecular flexibility index (Phi) is 3.51. The summed E-state index contributed by atoms with van der Waals surface area (Å²) >= 11 is 0. The summed E-state index contributed by atoms with van der Waals surface area (Å²) in [7, 11) is 1.81. The van der Waals surface area contributed by atoms with Crippen molar-refractivity contribution < 1.29 is 14.7 Å². The smallest absolute Gasteiger partial charge is 0.320 e. The minimum Gasteiger partial charge on any atom is -0.481 e. The largest absolute Gasteiger partial charge is 0.481 e. The highest BCUT2D eigenvalue weighted by Crippen LogP contribution is 2.19. The lowest BCUT2D eigenvalue weighted by Gasteiger charge is -2.41. The van der Waals surface area contributed by atoms with E-state index in [-0.39, 0.29) is 18.0 Å². The van der Waals surface area contributed by atoms with E-state index >= 15 is 0 Å². The van der Waals surface area contributed by atoms with Gasteiger partial charge in [0, 0.05) is 26.2 Å². The third-order valence-corrected chi connectivity index (χ3v) is 3.66. The Labute approximate surface area is 101 Å². The molecule has 0 aromatic rings. The molecule has 2 saturated heterocycles. The van der Waals surface area contributed by atoms with Crippen LogP contribution in [0.4, 0.5) is 4.79 Å². The highest BCUT2D eigenvalue weighted by atomic mass is 16.4. The van der Waals surface area contributed by atoms with Crippen molar-refractivity contribution in [2.24, 2.45) is 5.92 Å². The van der Waals surface area contributed by atoms with E-state index in [1.807, 2.05) is 7.05 Å². The number of carbonyl (C=O) groups excluding carboxylic acids is 1. The van der Waals surface area contributed by atoms with Gasteiger partial charge in [-0.05, 0) is 25.9 Å². The van der Waals surface area contributed by atoms with Crippen LogP contribution < -0.4 is 5.32 Å². The SMILES string of the molecule is CN(C(=O)N1CC(C(=O)O)C1)C1CCNCC1. The molecule has 0 atom stereocenters. The molecule has 0 aromatic heterocycles. The fourth-order valence-electron chi connectivity index (χ4n) is 2.36. The predicted octanol–water partition coefficient (Wildman–Crippen LogP) is -0.193. The summed E-state index contributed by atoms with van der Waals surface area (Å²) in [5, 5.41) is 12.0. The molecule has 6 heteroatoms. The molecule has 2 amide bonds. The number of carboxylic acids is 1. The molecule has 17 heavy (non-hydrogen) atoms. The molecule has 0 aliphatic carbocycles. The molecule has 6 nitrogen and oxygen atoms in total. The number of rotatable bonds is 2. The van der Waals surface area contributed by atoms with E-state index in [9.17, 15) is 9.59 Å². The summed E-state index contributed by atoms with van der Waals surface area (Å²) in [6, 6.07) is 0.252. The first kappa shape index (κ1) is 12.2. The zero-order valence-electron chi connectivity index (χ0n) is 10.1. The van der Waals surface area contributed by atoms with E-state index in [4.69, 9.17) is 5.11 Å². The van der Waals surface area contributed by atoms with Crippen LogP contribution in [0, 0.1) is 5.92 Å². The summed E-state index contributed by atoms with van der Waals surface area (Å²) < 4.78 is 0. The van der Waals surface area contributed by atoms with E-state index in [2.05, 4.69) is 5.32 Å². The monoisotopic (exact) mass is 241 g/mol. The van der Waals surface area contributed by atoms with Gasteiger partial charge in [0.1, 0.15) is 0 Å². The number of likely N-dealkylation sites (tertiary alicyclic amines) is 1. The zero-order chi connectivity index (χ0) is 12.4. The van der Waals surface area contributed by atoms with Crippen molar-refractivity contribution in [3.05, 3.63) is 0 Å². The highest BCUT2D eigenvalue weighted by Gasteiger charge is 2.38. The predicted molar refractivity (Wildman–Crippen MR) is 61.7 cm³/mol. The maximum absolute atomic E-state index is 12.0. The summed E-state index contributed by atoms with van der Waals surface area (Å²) in [6.07, 6.45) is 1.94. The number of hydrogen-bond donors (Lipinski definition) is 2. The molecule has 0 radical (unpaired) electrons. The number of nitrogens with one attached hydrogen (secondary N) is 1. The zero-order valence-corrected chi connectivity index (χ0v) is 10.1. The Morgan fingerprint density at radius 3 is 2.41 bits per heavy atom. The quantitative estimate of drug-likeness (QED) is 0.702. The van der Waals surface area contributed by atoms with Gasteiger partial charge in [0.05, 0.1) is 5.92 Å². The second-order valence-electron chi connectivity index (χ2n) is 4.81. The molecule has 0 bridgehead atoms. The molecular weight excluding hydrogens is 222 g/mol. The van der Waals surface area contributed by atoms with E-state index in [0.717, 1.165) is 25.9 Å². The van der Waals surface area contributed by atoms with Gasteiger partial charge < -0.3 is 20.2 Å². The number of aliphatic carboxylic acids is 1. The van der Waals surface area contributed by atoms with Gasteiger partial charge in [-0.2, -0.15) is 0 Å². The third-order valence-electron chi connectivity index (χ3n) is 3.66. The van der Waals surface area contributed by atoms with Crippen LogP contribution in [0.3, 0.4) is 0 Å². The Morgan fingerprint density at radius 2 is 1.88 bits per heavy atom. The molecular formula is C11H19N3O3. The number of nitrogens with zero attached hydrogens (tertiary/aromatic N) is 2. The second-order valence-corrected chi connectivity index (χ2v) is 4.81. The standard InChI is InChI=1S/C11H19N3O3/c1-13(9-2-4-12-5-3-9)11(17)14-6-8(7-14)10(15)16/h8-9,12H,2-7H2,1H3,(H,15,16). The van der Waals surface area contributed by atoms with Crippen LogP contribution in [-0.4, -0.2) is 66.2 Å². The average Bonchev–Trinajstić information content (AvgIpc) is 2.26. The average molecular weight is 241 g/mol. The molecule has 0 saturated carbocycles. The van der Waals surface area contributed by atoms with Crippen molar-refractivity contribution in [2.45, 2.75) is 18.9 Å².